The number of hydrogen-bond acceptors (Lipinski definition) is 3. The monoisotopic (exact) mass is 368 g/mol. The predicted octanol–water partition coefficient (Wildman–Crippen LogP) is 3.93. The van der Waals surface area contributed by atoms with E-state index in [1.54, 1.807) is 0 Å². The zero-order valence-electron chi connectivity index (χ0n) is 10.8. The van der Waals surface area contributed by atoms with E-state index in [-0.39, 0.29) is 0 Å². The number of rotatable bonds is 4. The maximum Gasteiger partial charge on any atom is 0.416 e. The quantitative estimate of drug-likeness (QED) is 0.866. The SMILES string of the molecule is FC(F)(F)c1ccc(NCCN2CCSCC2)c(Br)c1. The fraction of sp³-hybridized carbons (Fsp3) is 0.538. The van der Waals surface area contributed by atoms with Crippen molar-refractivity contribution in [3.8, 4) is 0 Å². The second kappa shape index (κ2) is 7.04. The van der Waals surface area contributed by atoms with Crippen LogP contribution in [0.2, 0.25) is 0 Å². The first kappa shape index (κ1) is 16.0. The Bertz CT molecular complexity index is 448. The summed E-state index contributed by atoms with van der Waals surface area (Å²) in [6.45, 7) is 3.81. The van der Waals surface area contributed by atoms with Crippen LogP contribution < -0.4 is 5.32 Å². The molecule has 20 heavy (non-hydrogen) atoms. The smallest absolute Gasteiger partial charge is 0.383 e. The first-order valence-corrected chi connectivity index (χ1v) is 8.32. The molecule has 0 saturated carbocycles. The normalized spacial score (nSPS) is 17.2. The number of benzene rings is 1. The van der Waals surface area contributed by atoms with E-state index in [1.807, 2.05) is 11.8 Å². The number of halogens is 4. The maximum atomic E-state index is 12.5. The lowest BCUT2D eigenvalue weighted by Gasteiger charge is -2.26. The molecule has 1 aliphatic heterocycles. The van der Waals surface area contributed by atoms with Crippen LogP contribution in [0, 0.1) is 0 Å². The van der Waals surface area contributed by atoms with E-state index >= 15 is 0 Å². The van der Waals surface area contributed by atoms with Gasteiger partial charge in [0, 0.05) is 47.8 Å². The summed E-state index contributed by atoms with van der Waals surface area (Å²) in [4.78, 5) is 2.36. The molecule has 0 bridgehead atoms. The number of nitrogens with one attached hydrogen (secondary N) is 1. The third-order valence-electron chi connectivity index (χ3n) is 3.14. The Morgan fingerprint density at radius 3 is 2.55 bits per heavy atom. The van der Waals surface area contributed by atoms with Gasteiger partial charge in [-0.15, -0.1) is 0 Å². The van der Waals surface area contributed by atoms with E-state index in [1.165, 1.54) is 6.07 Å². The number of thioether (sulfide) groups is 1. The van der Waals surface area contributed by atoms with Gasteiger partial charge < -0.3 is 5.32 Å². The van der Waals surface area contributed by atoms with Gasteiger partial charge in [-0.05, 0) is 34.1 Å². The lowest BCUT2D eigenvalue weighted by atomic mass is 10.2. The van der Waals surface area contributed by atoms with Gasteiger partial charge in [0.15, 0.2) is 0 Å². The molecule has 1 saturated heterocycles. The van der Waals surface area contributed by atoms with Crippen molar-refractivity contribution in [1.82, 2.24) is 4.90 Å². The lowest BCUT2D eigenvalue weighted by molar-refractivity contribution is -0.137. The standard InChI is InChI=1S/C13H16BrF3N2S/c14-11-9-10(13(15,16)17)1-2-12(11)18-3-4-19-5-7-20-8-6-19/h1-2,9,18H,3-8H2. The van der Waals surface area contributed by atoms with Crippen molar-refractivity contribution in [1.29, 1.82) is 0 Å². The summed E-state index contributed by atoms with van der Waals surface area (Å²) in [5.74, 6) is 2.31. The third kappa shape index (κ3) is 4.56. The molecule has 1 N–H and O–H groups in total. The first-order chi connectivity index (χ1) is 9.47. The summed E-state index contributed by atoms with van der Waals surface area (Å²) in [6, 6.07) is 3.68. The minimum absolute atomic E-state index is 0.446. The van der Waals surface area contributed by atoms with Crippen molar-refractivity contribution in [2.45, 2.75) is 6.18 Å². The molecular formula is C13H16BrF3N2S. The topological polar surface area (TPSA) is 15.3 Å². The van der Waals surface area contributed by atoms with Crippen LogP contribution in [0.5, 0.6) is 0 Å². The van der Waals surface area contributed by atoms with Gasteiger partial charge in [0.25, 0.3) is 0 Å². The fourth-order valence-electron chi connectivity index (χ4n) is 2.01. The number of nitrogens with zero attached hydrogens (tertiary/aromatic N) is 1. The molecule has 1 aliphatic rings. The van der Waals surface area contributed by atoms with Crippen LogP contribution in [-0.2, 0) is 6.18 Å². The highest BCUT2D eigenvalue weighted by Gasteiger charge is 2.30. The second-order valence-corrected chi connectivity index (χ2v) is 6.65. The van der Waals surface area contributed by atoms with E-state index in [2.05, 4.69) is 26.1 Å². The number of anilines is 1. The fourth-order valence-corrected chi connectivity index (χ4v) is 3.51. The predicted molar refractivity (Wildman–Crippen MR) is 81.4 cm³/mol. The van der Waals surface area contributed by atoms with Crippen LogP contribution >= 0.6 is 27.7 Å². The molecule has 0 atom stereocenters. The van der Waals surface area contributed by atoms with Gasteiger partial charge in [-0.2, -0.15) is 24.9 Å². The van der Waals surface area contributed by atoms with Crippen LogP contribution in [0.15, 0.2) is 22.7 Å². The number of alkyl halides is 3. The molecule has 1 fully saturated rings. The van der Waals surface area contributed by atoms with Gasteiger partial charge in [-0.1, -0.05) is 0 Å². The lowest BCUT2D eigenvalue weighted by Crippen LogP contribution is -2.36. The van der Waals surface area contributed by atoms with Crippen molar-refractivity contribution in [3.63, 3.8) is 0 Å². The van der Waals surface area contributed by atoms with E-state index < -0.39 is 11.7 Å². The van der Waals surface area contributed by atoms with E-state index in [0.29, 0.717) is 10.2 Å². The molecule has 0 radical (unpaired) electrons. The average molecular weight is 369 g/mol. The highest BCUT2D eigenvalue weighted by Crippen LogP contribution is 2.33. The van der Waals surface area contributed by atoms with Gasteiger partial charge in [-0.25, -0.2) is 0 Å². The van der Waals surface area contributed by atoms with Crippen molar-refractivity contribution in [3.05, 3.63) is 28.2 Å². The van der Waals surface area contributed by atoms with Crippen molar-refractivity contribution in [2.75, 3.05) is 43.0 Å². The molecular weight excluding hydrogens is 353 g/mol. The molecule has 0 spiro atoms. The maximum absolute atomic E-state index is 12.5. The van der Waals surface area contributed by atoms with Gasteiger partial charge >= 0.3 is 6.18 Å². The molecule has 1 aromatic carbocycles. The Morgan fingerprint density at radius 2 is 1.95 bits per heavy atom. The summed E-state index contributed by atoms with van der Waals surface area (Å²) in [5, 5.41) is 3.18. The average Bonchev–Trinajstić information content (AvgIpc) is 2.40. The number of hydrogen-bond donors (Lipinski definition) is 1. The minimum atomic E-state index is -4.30. The Hall–Kier alpha value is -0.400. The summed E-state index contributed by atoms with van der Waals surface area (Å²) in [7, 11) is 0. The van der Waals surface area contributed by atoms with Crippen LogP contribution in [0.1, 0.15) is 5.56 Å². The molecule has 0 aromatic heterocycles. The molecule has 1 heterocycles. The van der Waals surface area contributed by atoms with Gasteiger partial charge in [0.05, 0.1) is 5.56 Å². The summed E-state index contributed by atoms with van der Waals surface area (Å²) in [5.41, 5.74) is 0.0624. The molecule has 1 aromatic rings. The Morgan fingerprint density at radius 1 is 1.25 bits per heavy atom. The third-order valence-corrected chi connectivity index (χ3v) is 4.74. The molecule has 0 amide bonds. The van der Waals surface area contributed by atoms with E-state index in [0.717, 1.165) is 49.8 Å². The van der Waals surface area contributed by atoms with Crippen LogP contribution in [0.25, 0.3) is 0 Å². The van der Waals surface area contributed by atoms with Crippen LogP contribution in [-0.4, -0.2) is 42.6 Å². The van der Waals surface area contributed by atoms with Gasteiger partial charge in [-0.3, -0.25) is 4.90 Å². The largest absolute Gasteiger partial charge is 0.416 e. The Labute approximate surface area is 129 Å². The van der Waals surface area contributed by atoms with Crippen LogP contribution in [0.3, 0.4) is 0 Å². The molecule has 7 heteroatoms. The molecule has 2 nitrogen and oxygen atoms in total. The summed E-state index contributed by atoms with van der Waals surface area (Å²) >= 11 is 5.15. The van der Waals surface area contributed by atoms with Gasteiger partial charge in [0.1, 0.15) is 0 Å². The van der Waals surface area contributed by atoms with E-state index in [9.17, 15) is 13.2 Å². The molecule has 0 aliphatic carbocycles. The Kier molecular flexibility index (Phi) is 5.63. The van der Waals surface area contributed by atoms with Crippen molar-refractivity contribution < 1.29 is 13.2 Å². The first-order valence-electron chi connectivity index (χ1n) is 6.37. The zero-order valence-corrected chi connectivity index (χ0v) is 13.2. The summed E-state index contributed by atoms with van der Waals surface area (Å²) < 4.78 is 38.1. The minimum Gasteiger partial charge on any atom is -0.383 e. The van der Waals surface area contributed by atoms with Crippen molar-refractivity contribution >= 4 is 33.4 Å². The summed E-state index contributed by atoms with van der Waals surface area (Å²) in [6.07, 6.45) is -4.30. The second-order valence-electron chi connectivity index (χ2n) is 4.57. The Balaban J connectivity index is 1.86. The van der Waals surface area contributed by atoms with Crippen molar-refractivity contribution in [2.24, 2.45) is 0 Å². The molecule has 2 rings (SSSR count). The van der Waals surface area contributed by atoms with Gasteiger partial charge in [0.2, 0.25) is 0 Å². The van der Waals surface area contributed by atoms with Crippen LogP contribution in [0.4, 0.5) is 18.9 Å². The zero-order chi connectivity index (χ0) is 14.6. The molecule has 0 unspecified atom stereocenters. The highest BCUT2D eigenvalue weighted by molar-refractivity contribution is 9.10. The van der Waals surface area contributed by atoms with E-state index in [4.69, 9.17) is 0 Å². The highest BCUT2D eigenvalue weighted by atomic mass is 79.9. The molecule has 112 valence electrons.